The molecule has 103 heavy (non-hydrogen) atoms. The predicted molar refractivity (Wildman–Crippen MR) is 377 cm³/mol. The van der Waals surface area contributed by atoms with Crippen LogP contribution in [-0.4, -0.2) is 264 Å². The Hall–Kier alpha value is -7.88. The fraction of sp³-hybridized carbons (Fsp3) is 0.676. The Morgan fingerprint density at radius 2 is 1.26 bits per heavy atom. The lowest BCUT2D eigenvalue weighted by Crippen LogP contribution is -2.65. The summed E-state index contributed by atoms with van der Waals surface area (Å²) in [4.78, 5) is 193. The number of morpholine rings is 1. The Labute approximate surface area is 607 Å². The van der Waals surface area contributed by atoms with Crippen molar-refractivity contribution in [1.29, 1.82) is 0 Å². The molecule has 2 saturated carbocycles. The van der Waals surface area contributed by atoms with Gasteiger partial charge in [0, 0.05) is 74.9 Å². The minimum atomic E-state index is -4.77. The number of alkyl halides is 3. The van der Waals surface area contributed by atoms with Gasteiger partial charge in [-0.05, 0) is 118 Å². The number of nitrogens with one attached hydrogen (secondary N) is 3. The fourth-order valence-corrected chi connectivity index (χ4v) is 16.0. The molecule has 4 heterocycles. The van der Waals surface area contributed by atoms with Crippen molar-refractivity contribution in [2.45, 2.75) is 210 Å². The Bertz CT molecular complexity index is 3400. The highest BCUT2D eigenvalue weighted by Crippen LogP contribution is 2.39. The third-order valence-corrected chi connectivity index (χ3v) is 22.3. The summed E-state index contributed by atoms with van der Waals surface area (Å²) in [6.07, 6.45) is 0.147. The van der Waals surface area contributed by atoms with Crippen LogP contribution in [0.1, 0.15) is 154 Å². The van der Waals surface area contributed by atoms with Crippen LogP contribution >= 0.6 is 11.6 Å². The third kappa shape index (κ3) is 19.6. The molecule has 8 rings (SSSR count). The van der Waals surface area contributed by atoms with Crippen molar-refractivity contribution >= 4 is 82.5 Å². The molecular weight excluding hydrogens is 1360 g/mol. The minimum Gasteiger partial charge on any atom is -0.378 e. The van der Waals surface area contributed by atoms with Gasteiger partial charge in [0.25, 0.3) is 0 Å². The number of amides is 12. The van der Waals surface area contributed by atoms with Gasteiger partial charge in [0.1, 0.15) is 53.9 Å². The fourth-order valence-electron chi connectivity index (χ4n) is 15.6. The van der Waals surface area contributed by atoms with E-state index < -0.39 is 173 Å². The molecule has 568 valence electrons. The van der Waals surface area contributed by atoms with E-state index in [4.69, 9.17) is 16.3 Å². The molecule has 4 saturated heterocycles. The van der Waals surface area contributed by atoms with Gasteiger partial charge in [0.2, 0.25) is 70.9 Å². The quantitative estimate of drug-likeness (QED) is 0.265. The molecule has 12 amide bonds. The molecule has 1 spiro atoms. The number of hydrogen-bond donors (Lipinski definition) is 3. The van der Waals surface area contributed by atoms with Crippen LogP contribution in [0, 0.1) is 17.8 Å². The molecule has 6 fully saturated rings. The maximum Gasteiger partial charge on any atom is 0.417 e. The zero-order valence-electron chi connectivity index (χ0n) is 61.4. The standard InChI is InChI=1S/C74H106ClF3N12O13/c1-11-47(4)62-70(100)83(6)45-61(93)84(7)55-26-17-20-34-90(69(55)99)58(42-48-22-13-12-14-23-48)67(97)82(5)44-59(91)79-53(31-29-49-28-30-51(52(75)41-49)74(76,77)78)66(96)89-35-21-27-54(89)65(95)81-73(32-18-19-33-73)72(102)87(10)63(50-24-15-16-25-50)71(101)86(9)57(68(98)88-36-38-103-39-37-88)43-60(92)85(8)56(40-46(2)3)64(94)80-62/h12-14,22-23,28,30,41,46-47,50,53-58,62-63H,11,15-21,24-27,29,31-40,42-45H2,1-10H3,(H,79,91)(H,80,94)(H,81,95)/t47-,53-,54-,55-,56-,57-,58-,62-,63-/m0/s1. The number of carbonyl (C=O) groups excluding carboxylic acids is 12. The average molecular weight is 1460 g/mol. The second-order valence-electron chi connectivity index (χ2n) is 29.6. The van der Waals surface area contributed by atoms with Gasteiger partial charge in [-0.2, -0.15) is 13.2 Å². The van der Waals surface area contributed by atoms with Crippen molar-refractivity contribution < 1.29 is 75.4 Å². The molecule has 0 radical (unpaired) electrons. The first-order valence-corrected chi connectivity index (χ1v) is 37.0. The van der Waals surface area contributed by atoms with Crippen LogP contribution in [0.3, 0.4) is 0 Å². The summed E-state index contributed by atoms with van der Waals surface area (Å²) in [6, 6.07) is 1.92. The van der Waals surface area contributed by atoms with E-state index in [2.05, 4.69) is 16.0 Å². The molecule has 2 aromatic carbocycles. The summed E-state index contributed by atoms with van der Waals surface area (Å²) in [6.45, 7) is 6.90. The van der Waals surface area contributed by atoms with E-state index >= 15 is 38.4 Å². The van der Waals surface area contributed by atoms with E-state index in [9.17, 15) is 32.3 Å². The minimum absolute atomic E-state index is 0.0201. The molecule has 0 unspecified atom stereocenters. The van der Waals surface area contributed by atoms with E-state index in [0.717, 1.165) is 29.9 Å². The van der Waals surface area contributed by atoms with Crippen molar-refractivity contribution in [3.63, 3.8) is 0 Å². The zero-order valence-corrected chi connectivity index (χ0v) is 62.2. The normalized spacial score (nSPS) is 26.6. The SMILES string of the molecule is CC[C@H](C)[C@@H]1NC(=O)[C@H](CC(C)C)N(C)C(=O)C[C@@H](C(=O)N2CCOCC2)N(C)C(=O)[C@H](C2CCCC2)N(C)C(=O)C2(CCCC2)NC(=O)[C@@H]2CCCN2C(=O)[C@H](CCc2ccc(C(F)(F)F)c(Cl)c2)NC(=O)CN(C)C(=O)[C@H](Cc2ccccc2)N2CCCC[C@@H](C2=O)N(C)C(=O)CN(C)C1=O. The van der Waals surface area contributed by atoms with Crippen LogP contribution in [0.5, 0.6) is 0 Å². The molecule has 4 aliphatic heterocycles. The smallest absolute Gasteiger partial charge is 0.378 e. The van der Waals surface area contributed by atoms with Crippen LogP contribution in [-0.2, 0) is 81.3 Å². The Morgan fingerprint density at radius 1 is 0.631 bits per heavy atom. The summed E-state index contributed by atoms with van der Waals surface area (Å²) < 4.78 is 47.4. The lowest BCUT2D eigenvalue weighted by molar-refractivity contribution is -0.157. The number of rotatable bonds is 11. The van der Waals surface area contributed by atoms with Gasteiger partial charge in [-0.15, -0.1) is 0 Å². The highest BCUT2D eigenvalue weighted by Gasteiger charge is 2.52. The van der Waals surface area contributed by atoms with E-state index in [1.54, 1.807) is 37.3 Å². The van der Waals surface area contributed by atoms with Crippen LogP contribution < -0.4 is 16.0 Å². The maximum absolute atomic E-state index is 15.7. The van der Waals surface area contributed by atoms with Gasteiger partial charge in [-0.3, -0.25) is 57.5 Å². The molecular formula is C74H106ClF3N12O13. The van der Waals surface area contributed by atoms with Gasteiger partial charge >= 0.3 is 6.18 Å². The number of benzene rings is 2. The van der Waals surface area contributed by atoms with E-state index in [1.807, 2.05) is 20.8 Å². The van der Waals surface area contributed by atoms with E-state index in [0.29, 0.717) is 56.9 Å². The summed E-state index contributed by atoms with van der Waals surface area (Å²) in [5, 5.41) is 8.17. The molecule has 2 aromatic rings. The Morgan fingerprint density at radius 3 is 1.89 bits per heavy atom. The number of carbonyl (C=O) groups is 12. The first-order valence-electron chi connectivity index (χ1n) is 36.6. The van der Waals surface area contributed by atoms with E-state index in [1.165, 1.54) is 87.6 Å². The number of hydrogen-bond acceptors (Lipinski definition) is 13. The second-order valence-corrected chi connectivity index (χ2v) is 30.0. The average Bonchev–Trinajstić information content (AvgIpc) is 1.73. The lowest BCUT2D eigenvalue weighted by Gasteiger charge is -2.42. The number of halogens is 4. The summed E-state index contributed by atoms with van der Waals surface area (Å²) in [5.74, 6) is -9.00. The summed E-state index contributed by atoms with van der Waals surface area (Å²) in [5.41, 5.74) is -1.71. The van der Waals surface area contributed by atoms with E-state index in [-0.39, 0.29) is 102 Å². The molecule has 6 aliphatic rings. The van der Waals surface area contributed by atoms with Gasteiger partial charge in [0.05, 0.1) is 43.3 Å². The monoisotopic (exact) mass is 1460 g/mol. The topological polar surface area (TPSA) is 279 Å². The molecule has 25 nitrogen and oxygen atoms in total. The largest absolute Gasteiger partial charge is 0.417 e. The van der Waals surface area contributed by atoms with Crippen molar-refractivity contribution in [2.24, 2.45) is 17.8 Å². The van der Waals surface area contributed by atoms with Crippen LogP contribution in [0.15, 0.2) is 48.5 Å². The van der Waals surface area contributed by atoms with Crippen LogP contribution in [0.2, 0.25) is 5.02 Å². The number of aryl methyl sites for hydroxylation is 1. The highest BCUT2D eigenvalue weighted by molar-refractivity contribution is 6.31. The van der Waals surface area contributed by atoms with Crippen molar-refractivity contribution in [2.75, 3.05) is 94.8 Å². The van der Waals surface area contributed by atoms with Gasteiger partial charge in [0.15, 0.2) is 0 Å². The van der Waals surface area contributed by atoms with Crippen molar-refractivity contribution in [1.82, 2.24) is 60.0 Å². The molecule has 9 atom stereocenters. The third-order valence-electron chi connectivity index (χ3n) is 22.0. The number of ether oxygens (including phenoxy) is 1. The first-order chi connectivity index (χ1) is 48.8. The number of fused-ring (bicyclic) bond motifs is 3. The van der Waals surface area contributed by atoms with Crippen LogP contribution in [0.4, 0.5) is 13.2 Å². The summed E-state index contributed by atoms with van der Waals surface area (Å²) >= 11 is 6.18. The number of nitrogens with zero attached hydrogens (tertiary/aromatic N) is 9. The lowest BCUT2D eigenvalue weighted by atomic mass is 9.90. The molecule has 29 heteroatoms. The Balaban J connectivity index is 1.19. The zero-order chi connectivity index (χ0) is 75.4. The summed E-state index contributed by atoms with van der Waals surface area (Å²) in [7, 11) is 8.56. The first kappa shape index (κ1) is 80.8. The van der Waals surface area contributed by atoms with Gasteiger partial charge in [-0.25, -0.2) is 0 Å². The molecule has 0 aromatic heterocycles. The molecule has 2 aliphatic carbocycles. The molecule has 3 N–H and O–H groups in total. The Kier molecular flexibility index (Phi) is 28.0. The highest BCUT2D eigenvalue weighted by atomic mass is 35.5. The number of likely N-dealkylation sites (N-methyl/N-ethyl adjacent to an activating group) is 6. The second kappa shape index (κ2) is 35.7. The van der Waals surface area contributed by atoms with Crippen molar-refractivity contribution in [3.05, 3.63) is 70.2 Å². The van der Waals surface area contributed by atoms with Gasteiger partial charge in [-0.1, -0.05) is 108 Å². The van der Waals surface area contributed by atoms with Crippen LogP contribution in [0.25, 0.3) is 0 Å². The maximum atomic E-state index is 15.7. The van der Waals surface area contributed by atoms with Gasteiger partial charge < -0.3 is 64.8 Å². The molecule has 2 bridgehead atoms. The van der Waals surface area contributed by atoms with Crippen molar-refractivity contribution in [3.8, 4) is 0 Å². The predicted octanol–water partition coefficient (Wildman–Crippen LogP) is 5.07.